The van der Waals surface area contributed by atoms with Crippen LogP contribution in [0.3, 0.4) is 0 Å². The van der Waals surface area contributed by atoms with Gasteiger partial charge in [0.15, 0.2) is 5.69 Å². The fourth-order valence-electron chi connectivity index (χ4n) is 2.32. The minimum atomic E-state index is -0.145. The van der Waals surface area contributed by atoms with E-state index in [-0.39, 0.29) is 5.91 Å². The van der Waals surface area contributed by atoms with Crippen molar-refractivity contribution in [2.45, 2.75) is 6.42 Å². The molecule has 1 heterocycles. The molecule has 0 fully saturated rings. The minimum absolute atomic E-state index is 0.145. The second kappa shape index (κ2) is 7.78. The number of aryl methyl sites for hydroxylation is 1. The standard InChI is InChI=1S/C17H24N4O2/c1-20(2)10-6-9-18-17(22)15-12-16(21(3)19-15)13-7-5-8-14(11-13)23-4/h5,7-8,11-12H,6,9-10H2,1-4H3,(H,18,22). The van der Waals surface area contributed by atoms with Crippen LogP contribution in [0.1, 0.15) is 16.9 Å². The Balaban J connectivity index is 2.06. The normalized spacial score (nSPS) is 10.8. The van der Waals surface area contributed by atoms with Crippen LogP contribution < -0.4 is 10.1 Å². The molecule has 1 aromatic heterocycles. The summed E-state index contributed by atoms with van der Waals surface area (Å²) in [5.74, 6) is 0.631. The van der Waals surface area contributed by atoms with Crippen molar-refractivity contribution >= 4 is 5.91 Å². The zero-order chi connectivity index (χ0) is 16.8. The van der Waals surface area contributed by atoms with Gasteiger partial charge in [-0.3, -0.25) is 9.48 Å². The first-order valence-electron chi connectivity index (χ1n) is 7.62. The van der Waals surface area contributed by atoms with Crippen LogP contribution in [0.2, 0.25) is 0 Å². The maximum Gasteiger partial charge on any atom is 0.271 e. The molecule has 23 heavy (non-hydrogen) atoms. The molecule has 0 spiro atoms. The molecule has 0 radical (unpaired) electrons. The van der Waals surface area contributed by atoms with Crippen LogP contribution in [0.5, 0.6) is 5.75 Å². The van der Waals surface area contributed by atoms with Crippen LogP contribution in [0.4, 0.5) is 0 Å². The first-order valence-corrected chi connectivity index (χ1v) is 7.62. The summed E-state index contributed by atoms with van der Waals surface area (Å²) in [4.78, 5) is 14.3. The van der Waals surface area contributed by atoms with E-state index in [0.717, 1.165) is 30.0 Å². The van der Waals surface area contributed by atoms with Gasteiger partial charge in [-0.05, 0) is 45.3 Å². The Hall–Kier alpha value is -2.34. The molecule has 0 aliphatic carbocycles. The van der Waals surface area contributed by atoms with E-state index in [1.807, 2.05) is 45.4 Å². The maximum atomic E-state index is 12.2. The zero-order valence-corrected chi connectivity index (χ0v) is 14.2. The van der Waals surface area contributed by atoms with Gasteiger partial charge in [0, 0.05) is 19.2 Å². The summed E-state index contributed by atoms with van der Waals surface area (Å²) in [6, 6.07) is 9.50. The van der Waals surface area contributed by atoms with Crippen LogP contribution >= 0.6 is 0 Å². The van der Waals surface area contributed by atoms with E-state index < -0.39 is 0 Å². The highest BCUT2D eigenvalue weighted by atomic mass is 16.5. The van der Waals surface area contributed by atoms with Crippen LogP contribution in [-0.4, -0.2) is 54.9 Å². The molecule has 0 bridgehead atoms. The van der Waals surface area contributed by atoms with Crippen LogP contribution in [0.15, 0.2) is 30.3 Å². The van der Waals surface area contributed by atoms with Crippen LogP contribution in [-0.2, 0) is 7.05 Å². The van der Waals surface area contributed by atoms with Crippen LogP contribution in [0.25, 0.3) is 11.3 Å². The number of amides is 1. The second-order valence-electron chi connectivity index (χ2n) is 5.68. The largest absolute Gasteiger partial charge is 0.497 e. The van der Waals surface area contributed by atoms with Gasteiger partial charge >= 0.3 is 0 Å². The Kier molecular flexibility index (Phi) is 5.76. The number of hydrogen-bond acceptors (Lipinski definition) is 4. The highest BCUT2D eigenvalue weighted by molar-refractivity contribution is 5.93. The van der Waals surface area contributed by atoms with E-state index in [1.165, 1.54) is 0 Å². The number of carbonyl (C=O) groups is 1. The number of nitrogens with zero attached hydrogens (tertiary/aromatic N) is 3. The van der Waals surface area contributed by atoms with Gasteiger partial charge in [-0.25, -0.2) is 0 Å². The van der Waals surface area contributed by atoms with E-state index in [0.29, 0.717) is 12.2 Å². The molecule has 2 rings (SSSR count). The quantitative estimate of drug-likeness (QED) is 0.791. The highest BCUT2D eigenvalue weighted by Crippen LogP contribution is 2.24. The SMILES string of the molecule is COc1cccc(-c2cc(C(=O)NCCCN(C)C)nn2C)c1. The molecule has 0 aliphatic rings. The molecule has 1 amide bonds. The van der Waals surface area contributed by atoms with Gasteiger partial charge in [-0.2, -0.15) is 5.10 Å². The molecule has 2 aromatic rings. The van der Waals surface area contributed by atoms with E-state index in [9.17, 15) is 4.79 Å². The van der Waals surface area contributed by atoms with Gasteiger partial charge in [0.2, 0.25) is 0 Å². The van der Waals surface area contributed by atoms with Crippen molar-refractivity contribution in [1.82, 2.24) is 20.0 Å². The summed E-state index contributed by atoms with van der Waals surface area (Å²) in [5, 5.41) is 7.21. The first-order chi connectivity index (χ1) is 11.0. The van der Waals surface area contributed by atoms with Crippen molar-refractivity contribution < 1.29 is 9.53 Å². The lowest BCUT2D eigenvalue weighted by atomic mass is 10.1. The number of aromatic nitrogens is 2. The number of nitrogens with one attached hydrogen (secondary N) is 1. The molecule has 0 unspecified atom stereocenters. The van der Waals surface area contributed by atoms with Gasteiger partial charge in [0.25, 0.3) is 5.91 Å². The fourth-order valence-corrected chi connectivity index (χ4v) is 2.32. The third-order valence-electron chi connectivity index (χ3n) is 3.55. The lowest BCUT2D eigenvalue weighted by molar-refractivity contribution is 0.0946. The van der Waals surface area contributed by atoms with Gasteiger partial charge in [0.05, 0.1) is 12.8 Å². The molecule has 0 saturated carbocycles. The Morgan fingerprint density at radius 3 is 2.83 bits per heavy atom. The van der Waals surface area contributed by atoms with Gasteiger partial charge in [-0.15, -0.1) is 0 Å². The number of hydrogen-bond donors (Lipinski definition) is 1. The number of carbonyl (C=O) groups excluding carboxylic acids is 1. The van der Waals surface area contributed by atoms with Crippen molar-refractivity contribution in [3.05, 3.63) is 36.0 Å². The third kappa shape index (κ3) is 4.56. The van der Waals surface area contributed by atoms with Crippen molar-refractivity contribution in [2.75, 3.05) is 34.3 Å². The van der Waals surface area contributed by atoms with Crippen molar-refractivity contribution in [3.63, 3.8) is 0 Å². The molecule has 6 nitrogen and oxygen atoms in total. The minimum Gasteiger partial charge on any atom is -0.497 e. The maximum absolute atomic E-state index is 12.2. The molecular weight excluding hydrogens is 292 g/mol. The lowest BCUT2D eigenvalue weighted by Gasteiger charge is -2.09. The topological polar surface area (TPSA) is 59.4 Å². The van der Waals surface area contributed by atoms with Crippen molar-refractivity contribution in [2.24, 2.45) is 7.05 Å². The van der Waals surface area contributed by atoms with Gasteiger partial charge in [0.1, 0.15) is 5.75 Å². The summed E-state index contributed by atoms with van der Waals surface area (Å²) >= 11 is 0. The van der Waals surface area contributed by atoms with E-state index >= 15 is 0 Å². The highest BCUT2D eigenvalue weighted by Gasteiger charge is 2.14. The molecular formula is C17H24N4O2. The molecule has 0 atom stereocenters. The molecule has 6 heteroatoms. The Morgan fingerprint density at radius 2 is 2.13 bits per heavy atom. The smallest absolute Gasteiger partial charge is 0.271 e. The zero-order valence-electron chi connectivity index (χ0n) is 14.2. The molecule has 124 valence electrons. The number of rotatable bonds is 7. The second-order valence-corrected chi connectivity index (χ2v) is 5.68. The average Bonchev–Trinajstić information content (AvgIpc) is 2.93. The number of methoxy groups -OCH3 is 1. The summed E-state index contributed by atoms with van der Waals surface area (Å²) in [6.07, 6.45) is 0.911. The Labute approximate surface area is 137 Å². The predicted octanol–water partition coefficient (Wildman–Crippen LogP) is 1.78. The lowest BCUT2D eigenvalue weighted by Crippen LogP contribution is -2.27. The van der Waals surface area contributed by atoms with Gasteiger partial charge in [-0.1, -0.05) is 12.1 Å². The van der Waals surface area contributed by atoms with Gasteiger partial charge < -0.3 is 15.0 Å². The van der Waals surface area contributed by atoms with Crippen molar-refractivity contribution in [1.29, 1.82) is 0 Å². The fraction of sp³-hybridized carbons (Fsp3) is 0.412. The molecule has 0 aliphatic heterocycles. The summed E-state index contributed by atoms with van der Waals surface area (Å²) in [7, 11) is 7.49. The van der Waals surface area contributed by atoms with Crippen LogP contribution in [0, 0.1) is 0 Å². The summed E-state index contributed by atoms with van der Waals surface area (Å²) in [5.41, 5.74) is 2.27. The Morgan fingerprint density at radius 1 is 1.35 bits per heavy atom. The van der Waals surface area contributed by atoms with E-state index in [4.69, 9.17) is 4.74 Å². The Bertz CT molecular complexity index is 664. The first kappa shape index (κ1) is 17.0. The van der Waals surface area contributed by atoms with E-state index in [2.05, 4.69) is 15.3 Å². The number of ether oxygens (including phenoxy) is 1. The van der Waals surface area contributed by atoms with E-state index in [1.54, 1.807) is 17.9 Å². The predicted molar refractivity (Wildman–Crippen MR) is 90.7 cm³/mol. The van der Waals surface area contributed by atoms with Crippen molar-refractivity contribution in [3.8, 4) is 17.0 Å². The molecule has 0 saturated heterocycles. The molecule has 1 aromatic carbocycles. The average molecular weight is 316 g/mol. The molecule has 1 N–H and O–H groups in total. The third-order valence-corrected chi connectivity index (χ3v) is 3.55. The summed E-state index contributed by atoms with van der Waals surface area (Å²) in [6.45, 7) is 1.58. The monoisotopic (exact) mass is 316 g/mol. The number of benzene rings is 1. The summed E-state index contributed by atoms with van der Waals surface area (Å²) < 4.78 is 6.95.